The predicted octanol–water partition coefficient (Wildman–Crippen LogP) is 4.20. The van der Waals surface area contributed by atoms with Gasteiger partial charge in [0.05, 0.1) is 22.7 Å². The number of thiazole rings is 1. The molecular weight excluding hydrogens is 384 g/mol. The molecule has 3 aromatic rings. The number of hydrogen-bond acceptors (Lipinski definition) is 4. The molecule has 7 heteroatoms. The van der Waals surface area contributed by atoms with Crippen molar-refractivity contribution in [1.29, 1.82) is 0 Å². The van der Waals surface area contributed by atoms with Crippen molar-refractivity contribution in [3.05, 3.63) is 59.6 Å². The van der Waals surface area contributed by atoms with Crippen LogP contribution < -0.4 is 5.32 Å². The number of para-hydroxylation sites is 2. The van der Waals surface area contributed by atoms with E-state index in [1.807, 2.05) is 61.6 Å². The predicted molar refractivity (Wildman–Crippen MR) is 116 cm³/mol. The molecule has 1 fully saturated rings. The maximum Gasteiger partial charge on any atom is 0.321 e. The largest absolute Gasteiger partial charge is 0.339 e. The minimum Gasteiger partial charge on any atom is -0.339 e. The van der Waals surface area contributed by atoms with Gasteiger partial charge < -0.3 is 15.1 Å². The molecule has 1 saturated heterocycles. The molecule has 0 saturated carbocycles. The van der Waals surface area contributed by atoms with Gasteiger partial charge in [-0.1, -0.05) is 30.3 Å². The number of nitrogens with one attached hydrogen (secondary N) is 1. The van der Waals surface area contributed by atoms with Gasteiger partial charge in [-0.2, -0.15) is 0 Å². The standard InChI is InChI=1S/C22H24N4O2S/c1-25(15-20-24-18-11-5-6-12-19(18)29-20)21(27)16-8-7-13-26(14-16)22(28)23-17-9-3-2-4-10-17/h2-6,9-12,16H,7-8,13-15H2,1H3,(H,23,28)/t16-/m1/s1. The molecule has 3 amide bonds. The summed E-state index contributed by atoms with van der Waals surface area (Å²) in [7, 11) is 1.82. The van der Waals surface area contributed by atoms with Gasteiger partial charge in [0.15, 0.2) is 0 Å². The van der Waals surface area contributed by atoms with Crippen molar-refractivity contribution in [2.24, 2.45) is 5.92 Å². The average molecular weight is 409 g/mol. The fourth-order valence-electron chi connectivity index (χ4n) is 3.67. The van der Waals surface area contributed by atoms with Gasteiger partial charge >= 0.3 is 6.03 Å². The molecule has 29 heavy (non-hydrogen) atoms. The van der Waals surface area contributed by atoms with Crippen molar-refractivity contribution in [3.63, 3.8) is 0 Å². The van der Waals surface area contributed by atoms with Crippen LogP contribution in [0.25, 0.3) is 10.2 Å². The summed E-state index contributed by atoms with van der Waals surface area (Å²) < 4.78 is 1.13. The van der Waals surface area contributed by atoms with Crippen molar-refractivity contribution < 1.29 is 9.59 Å². The highest BCUT2D eigenvalue weighted by molar-refractivity contribution is 7.18. The molecule has 1 aliphatic rings. The molecule has 1 aliphatic heterocycles. The van der Waals surface area contributed by atoms with Crippen molar-refractivity contribution >= 4 is 39.2 Å². The third kappa shape index (κ3) is 4.56. The van der Waals surface area contributed by atoms with Crippen LogP contribution in [-0.2, 0) is 11.3 Å². The Kier molecular flexibility index (Phi) is 5.76. The Bertz CT molecular complexity index is 971. The van der Waals surface area contributed by atoms with Gasteiger partial charge in [0.1, 0.15) is 5.01 Å². The molecule has 1 atom stereocenters. The number of carbonyl (C=O) groups is 2. The Labute approximate surface area is 174 Å². The van der Waals surface area contributed by atoms with Crippen LogP contribution in [-0.4, -0.2) is 46.9 Å². The SMILES string of the molecule is CN(Cc1nc2ccccc2s1)C(=O)[C@@H]1CCCN(C(=O)Nc2ccccc2)C1. The molecule has 1 N–H and O–H groups in total. The number of hydrogen-bond donors (Lipinski definition) is 1. The summed E-state index contributed by atoms with van der Waals surface area (Å²) in [5.74, 6) is -0.105. The quantitative estimate of drug-likeness (QED) is 0.704. The van der Waals surface area contributed by atoms with E-state index in [-0.39, 0.29) is 17.9 Å². The maximum atomic E-state index is 13.0. The molecular formula is C22H24N4O2S. The fraction of sp³-hybridized carbons (Fsp3) is 0.318. The van der Waals surface area contributed by atoms with E-state index in [0.717, 1.165) is 33.8 Å². The van der Waals surface area contributed by atoms with Crippen LogP contribution in [0, 0.1) is 5.92 Å². The summed E-state index contributed by atoms with van der Waals surface area (Å²) >= 11 is 1.62. The lowest BCUT2D eigenvalue weighted by Gasteiger charge is -2.33. The second-order valence-corrected chi connectivity index (χ2v) is 8.47. The van der Waals surface area contributed by atoms with Crippen molar-refractivity contribution in [1.82, 2.24) is 14.8 Å². The monoisotopic (exact) mass is 408 g/mol. The third-order valence-corrected chi connectivity index (χ3v) is 6.19. The van der Waals surface area contributed by atoms with E-state index in [0.29, 0.717) is 19.6 Å². The van der Waals surface area contributed by atoms with Crippen LogP contribution in [0.5, 0.6) is 0 Å². The molecule has 4 rings (SSSR count). The summed E-state index contributed by atoms with van der Waals surface area (Å²) in [6.07, 6.45) is 1.63. The number of anilines is 1. The lowest BCUT2D eigenvalue weighted by molar-refractivity contribution is -0.136. The third-order valence-electron chi connectivity index (χ3n) is 5.17. The summed E-state index contributed by atoms with van der Waals surface area (Å²) in [6.45, 7) is 1.61. The number of carbonyl (C=O) groups excluding carboxylic acids is 2. The lowest BCUT2D eigenvalue weighted by atomic mass is 9.97. The number of rotatable bonds is 4. The van der Waals surface area contributed by atoms with Gasteiger partial charge in [-0.3, -0.25) is 4.79 Å². The van der Waals surface area contributed by atoms with E-state index in [9.17, 15) is 9.59 Å². The minimum atomic E-state index is -0.176. The number of benzene rings is 2. The molecule has 0 aliphatic carbocycles. The zero-order chi connectivity index (χ0) is 20.2. The van der Waals surface area contributed by atoms with Crippen LogP contribution in [0.1, 0.15) is 17.8 Å². The van der Waals surface area contributed by atoms with Gasteiger partial charge in [-0.25, -0.2) is 9.78 Å². The molecule has 2 aromatic carbocycles. The first-order valence-corrected chi connectivity index (χ1v) is 10.6. The zero-order valence-electron chi connectivity index (χ0n) is 16.4. The molecule has 6 nitrogen and oxygen atoms in total. The van der Waals surface area contributed by atoms with Gasteiger partial charge in [0.2, 0.25) is 5.91 Å². The summed E-state index contributed by atoms with van der Waals surface area (Å²) in [5.41, 5.74) is 1.73. The molecule has 1 aromatic heterocycles. The van der Waals surface area contributed by atoms with Crippen LogP contribution in [0.4, 0.5) is 10.5 Å². The van der Waals surface area contributed by atoms with Crippen molar-refractivity contribution in [2.45, 2.75) is 19.4 Å². The van der Waals surface area contributed by atoms with Gasteiger partial charge in [-0.05, 0) is 37.1 Å². The highest BCUT2D eigenvalue weighted by atomic mass is 32.1. The second-order valence-electron chi connectivity index (χ2n) is 7.35. The topological polar surface area (TPSA) is 65.5 Å². The lowest BCUT2D eigenvalue weighted by Crippen LogP contribution is -2.47. The Hall–Kier alpha value is -2.93. The molecule has 0 spiro atoms. The average Bonchev–Trinajstić information content (AvgIpc) is 3.16. The van der Waals surface area contributed by atoms with Crippen molar-refractivity contribution in [3.8, 4) is 0 Å². The van der Waals surface area contributed by atoms with Crippen LogP contribution in [0.2, 0.25) is 0 Å². The number of aromatic nitrogens is 1. The molecule has 0 unspecified atom stereocenters. The second kappa shape index (κ2) is 8.61. The number of likely N-dealkylation sites (tertiary alicyclic amines) is 1. The number of piperidine rings is 1. The molecule has 2 heterocycles. The van der Waals surface area contributed by atoms with Crippen molar-refractivity contribution in [2.75, 3.05) is 25.5 Å². The summed E-state index contributed by atoms with van der Waals surface area (Å²) in [4.78, 5) is 33.7. The number of amides is 3. The smallest absolute Gasteiger partial charge is 0.321 e. The Morgan fingerprint density at radius 3 is 2.72 bits per heavy atom. The number of fused-ring (bicyclic) bond motifs is 1. The Balaban J connectivity index is 1.36. The first-order chi connectivity index (χ1) is 14.1. The Morgan fingerprint density at radius 1 is 1.17 bits per heavy atom. The van der Waals surface area contributed by atoms with Crippen LogP contribution >= 0.6 is 11.3 Å². The van der Waals surface area contributed by atoms with E-state index in [1.165, 1.54) is 0 Å². The fourth-order valence-corrected chi connectivity index (χ4v) is 4.69. The van der Waals surface area contributed by atoms with Gasteiger partial charge in [0, 0.05) is 25.8 Å². The highest BCUT2D eigenvalue weighted by Crippen LogP contribution is 2.24. The highest BCUT2D eigenvalue weighted by Gasteiger charge is 2.30. The first kappa shape index (κ1) is 19.4. The number of urea groups is 1. The normalized spacial score (nSPS) is 16.6. The molecule has 0 radical (unpaired) electrons. The minimum absolute atomic E-state index is 0.0708. The molecule has 150 valence electrons. The van der Waals surface area contributed by atoms with E-state index >= 15 is 0 Å². The van der Waals surface area contributed by atoms with Crippen LogP contribution in [0.15, 0.2) is 54.6 Å². The summed E-state index contributed by atoms with van der Waals surface area (Å²) in [6, 6.07) is 17.2. The van der Waals surface area contributed by atoms with Crippen LogP contribution in [0.3, 0.4) is 0 Å². The van der Waals surface area contributed by atoms with E-state index in [4.69, 9.17) is 0 Å². The first-order valence-electron chi connectivity index (χ1n) is 9.80. The maximum absolute atomic E-state index is 13.0. The van der Waals surface area contributed by atoms with Gasteiger partial charge in [0.25, 0.3) is 0 Å². The molecule has 0 bridgehead atoms. The number of nitrogens with zero attached hydrogens (tertiary/aromatic N) is 3. The summed E-state index contributed by atoms with van der Waals surface area (Å²) in [5, 5.41) is 3.84. The van der Waals surface area contributed by atoms with Gasteiger partial charge in [-0.15, -0.1) is 11.3 Å². The Morgan fingerprint density at radius 2 is 1.93 bits per heavy atom. The van der Waals surface area contributed by atoms with E-state index in [2.05, 4.69) is 10.3 Å². The van der Waals surface area contributed by atoms with E-state index in [1.54, 1.807) is 21.1 Å². The zero-order valence-corrected chi connectivity index (χ0v) is 17.2. The van der Waals surface area contributed by atoms with E-state index < -0.39 is 0 Å².